The van der Waals surface area contributed by atoms with Crippen molar-refractivity contribution < 1.29 is 8.42 Å². The Labute approximate surface area is 117 Å². The predicted molar refractivity (Wildman–Crippen MR) is 75.2 cm³/mol. The summed E-state index contributed by atoms with van der Waals surface area (Å²) in [6.45, 7) is 2.83. The lowest BCUT2D eigenvalue weighted by molar-refractivity contribution is 0.579. The number of sulfonamides is 1. The van der Waals surface area contributed by atoms with Crippen LogP contribution < -0.4 is 10.0 Å². The van der Waals surface area contributed by atoms with Crippen LogP contribution in [0, 0.1) is 6.92 Å². The molecule has 0 fully saturated rings. The monoisotopic (exact) mass is 342 g/mol. The highest BCUT2D eigenvalue weighted by atomic mass is 79.9. The van der Waals surface area contributed by atoms with E-state index in [1.807, 2.05) is 13.0 Å². The number of hydrogen-bond acceptors (Lipinski definition) is 3. The van der Waals surface area contributed by atoms with Gasteiger partial charge in [0.25, 0.3) is 0 Å². The molecular weight excluding hydrogens is 328 g/mol. The summed E-state index contributed by atoms with van der Waals surface area (Å²) in [6, 6.07) is 5.17. The van der Waals surface area contributed by atoms with Crippen molar-refractivity contribution in [1.82, 2.24) is 10.0 Å². The molecule has 4 nitrogen and oxygen atoms in total. The molecule has 0 saturated heterocycles. The Hall–Kier alpha value is -0.140. The third-order valence-corrected chi connectivity index (χ3v) is 4.93. The molecule has 98 valence electrons. The molecule has 0 saturated carbocycles. The molecule has 0 aliphatic rings. The van der Waals surface area contributed by atoms with E-state index in [0.29, 0.717) is 17.6 Å². The summed E-state index contributed by atoms with van der Waals surface area (Å²) in [5.41, 5.74) is 0.900. The van der Waals surface area contributed by atoms with Gasteiger partial charge in [-0.3, -0.25) is 0 Å². The molecule has 1 aromatic rings. The highest BCUT2D eigenvalue weighted by Gasteiger charge is 2.17. The van der Waals surface area contributed by atoms with Crippen molar-refractivity contribution in [3.8, 4) is 0 Å². The minimum atomic E-state index is -3.42. The van der Waals surface area contributed by atoms with Crippen LogP contribution in [0.4, 0.5) is 0 Å². The number of aryl methyl sites for hydroxylation is 1. The normalized spacial score (nSPS) is 11.0. The van der Waals surface area contributed by atoms with Crippen molar-refractivity contribution in [2.45, 2.75) is 11.8 Å². The zero-order valence-corrected chi connectivity index (χ0v) is 12.9. The summed E-state index contributed by atoms with van der Waals surface area (Å²) >= 11 is 3.29. The fourth-order valence-corrected chi connectivity index (χ4v) is 3.30. The van der Waals surface area contributed by atoms with Gasteiger partial charge in [-0.1, -0.05) is 12.1 Å². The van der Waals surface area contributed by atoms with E-state index in [0.717, 1.165) is 5.56 Å². The second-order valence-electron chi connectivity index (χ2n) is 3.39. The summed E-state index contributed by atoms with van der Waals surface area (Å²) in [5, 5.41) is 2.88. The Morgan fingerprint density at radius 1 is 1.29 bits per heavy atom. The van der Waals surface area contributed by atoms with Gasteiger partial charge in [-0.05, 0) is 41.5 Å². The first-order valence-electron chi connectivity index (χ1n) is 4.88. The molecule has 0 spiro atoms. The first-order chi connectivity index (χ1) is 7.49. The summed E-state index contributed by atoms with van der Waals surface area (Å²) < 4.78 is 27.0. The smallest absolute Gasteiger partial charge is 0.241 e. The lowest BCUT2D eigenvalue weighted by Crippen LogP contribution is -2.30. The van der Waals surface area contributed by atoms with Crippen molar-refractivity contribution >= 4 is 38.4 Å². The third-order valence-electron chi connectivity index (χ3n) is 2.11. The second-order valence-corrected chi connectivity index (χ2v) is 5.92. The van der Waals surface area contributed by atoms with Crippen LogP contribution in [0.1, 0.15) is 5.56 Å². The van der Waals surface area contributed by atoms with Gasteiger partial charge in [-0.2, -0.15) is 0 Å². The van der Waals surface area contributed by atoms with Crippen LogP contribution >= 0.6 is 28.3 Å². The number of nitrogens with one attached hydrogen (secondary N) is 2. The summed E-state index contributed by atoms with van der Waals surface area (Å²) in [7, 11) is -1.65. The number of rotatable bonds is 5. The largest absolute Gasteiger partial charge is 0.318 e. The molecule has 0 radical (unpaired) electrons. The van der Waals surface area contributed by atoms with E-state index in [1.165, 1.54) is 0 Å². The van der Waals surface area contributed by atoms with E-state index in [4.69, 9.17) is 0 Å². The standard InChI is InChI=1S/C10H15BrN2O2S.ClH/c1-8-4-3-5-9(10(8)11)16(14,15)13-7-6-12-2;/h3-5,12-13H,6-7H2,1-2H3;1H. The van der Waals surface area contributed by atoms with Gasteiger partial charge in [-0.15, -0.1) is 12.4 Å². The van der Waals surface area contributed by atoms with Gasteiger partial charge in [0.05, 0.1) is 4.90 Å². The van der Waals surface area contributed by atoms with E-state index < -0.39 is 10.0 Å². The molecule has 0 aliphatic carbocycles. The van der Waals surface area contributed by atoms with Crippen molar-refractivity contribution in [3.05, 3.63) is 28.2 Å². The van der Waals surface area contributed by atoms with Crippen LogP contribution in [0.3, 0.4) is 0 Å². The SMILES string of the molecule is CNCCNS(=O)(=O)c1cccc(C)c1Br.Cl. The minimum Gasteiger partial charge on any atom is -0.318 e. The van der Waals surface area contributed by atoms with Gasteiger partial charge in [-0.25, -0.2) is 13.1 Å². The summed E-state index contributed by atoms with van der Waals surface area (Å²) in [4.78, 5) is 0.281. The molecule has 2 N–H and O–H groups in total. The number of likely N-dealkylation sites (N-methyl/N-ethyl adjacent to an activating group) is 1. The van der Waals surface area contributed by atoms with Gasteiger partial charge in [0, 0.05) is 17.6 Å². The molecule has 0 amide bonds. The van der Waals surface area contributed by atoms with Crippen molar-refractivity contribution in [1.29, 1.82) is 0 Å². The fraction of sp³-hybridized carbons (Fsp3) is 0.400. The fourth-order valence-electron chi connectivity index (χ4n) is 1.22. The van der Waals surface area contributed by atoms with E-state index in [1.54, 1.807) is 19.2 Å². The molecule has 7 heteroatoms. The van der Waals surface area contributed by atoms with E-state index in [2.05, 4.69) is 26.0 Å². The van der Waals surface area contributed by atoms with Gasteiger partial charge in [0.1, 0.15) is 0 Å². The number of benzene rings is 1. The van der Waals surface area contributed by atoms with Crippen molar-refractivity contribution in [3.63, 3.8) is 0 Å². The van der Waals surface area contributed by atoms with Crippen LogP contribution in [0.2, 0.25) is 0 Å². The molecule has 0 bridgehead atoms. The zero-order chi connectivity index (χ0) is 12.2. The summed E-state index contributed by atoms with van der Waals surface area (Å²) in [6.07, 6.45) is 0. The van der Waals surface area contributed by atoms with Crippen LogP contribution in [0.25, 0.3) is 0 Å². The lowest BCUT2D eigenvalue weighted by atomic mass is 10.2. The lowest BCUT2D eigenvalue weighted by Gasteiger charge is -2.09. The first kappa shape index (κ1) is 16.9. The molecular formula is C10H16BrClN2O2S. The van der Waals surface area contributed by atoms with Crippen LogP contribution in [0.15, 0.2) is 27.6 Å². The average Bonchev–Trinajstić information content (AvgIpc) is 2.22. The number of hydrogen-bond donors (Lipinski definition) is 2. The average molecular weight is 344 g/mol. The quantitative estimate of drug-likeness (QED) is 0.800. The maximum absolute atomic E-state index is 11.9. The first-order valence-corrected chi connectivity index (χ1v) is 7.16. The maximum Gasteiger partial charge on any atom is 0.241 e. The molecule has 0 heterocycles. The van der Waals surface area contributed by atoms with E-state index in [-0.39, 0.29) is 17.3 Å². The highest BCUT2D eigenvalue weighted by molar-refractivity contribution is 9.10. The minimum absolute atomic E-state index is 0. The molecule has 17 heavy (non-hydrogen) atoms. The second kappa shape index (κ2) is 7.33. The Morgan fingerprint density at radius 2 is 1.94 bits per heavy atom. The zero-order valence-electron chi connectivity index (χ0n) is 9.66. The van der Waals surface area contributed by atoms with Gasteiger partial charge in [0.2, 0.25) is 10.0 Å². The predicted octanol–water partition coefficient (Wildman–Crippen LogP) is 1.68. The Morgan fingerprint density at radius 3 is 2.53 bits per heavy atom. The highest BCUT2D eigenvalue weighted by Crippen LogP contribution is 2.24. The maximum atomic E-state index is 11.9. The van der Waals surface area contributed by atoms with Gasteiger partial charge < -0.3 is 5.32 Å². The van der Waals surface area contributed by atoms with Crippen LogP contribution in [-0.2, 0) is 10.0 Å². The topological polar surface area (TPSA) is 58.2 Å². The Balaban J connectivity index is 0.00000256. The molecule has 1 aromatic carbocycles. The molecule has 0 unspecified atom stereocenters. The molecule has 0 aliphatic heterocycles. The molecule has 0 aromatic heterocycles. The van der Waals surface area contributed by atoms with Crippen molar-refractivity contribution in [2.24, 2.45) is 0 Å². The Kier molecular flexibility index (Phi) is 7.27. The third kappa shape index (κ3) is 4.56. The van der Waals surface area contributed by atoms with Crippen LogP contribution in [0.5, 0.6) is 0 Å². The van der Waals surface area contributed by atoms with Crippen LogP contribution in [-0.4, -0.2) is 28.6 Å². The van der Waals surface area contributed by atoms with E-state index in [9.17, 15) is 8.42 Å². The van der Waals surface area contributed by atoms with E-state index >= 15 is 0 Å². The molecule has 0 atom stereocenters. The molecule has 1 rings (SSSR count). The number of halogens is 2. The summed E-state index contributed by atoms with van der Waals surface area (Å²) in [5.74, 6) is 0. The van der Waals surface area contributed by atoms with Gasteiger partial charge in [0.15, 0.2) is 0 Å². The van der Waals surface area contributed by atoms with Crippen molar-refractivity contribution in [2.75, 3.05) is 20.1 Å². The Bertz CT molecular complexity index is 465. The van der Waals surface area contributed by atoms with Gasteiger partial charge >= 0.3 is 0 Å².